The van der Waals surface area contributed by atoms with Crippen LogP contribution < -0.4 is 9.62 Å². The highest BCUT2D eigenvalue weighted by molar-refractivity contribution is 7.92. The number of nitrogens with one attached hydrogen (secondary N) is 1. The fraction of sp³-hybridized carbons (Fsp3) is 0.273. The first-order valence-corrected chi connectivity index (χ1v) is 11.0. The van der Waals surface area contributed by atoms with Crippen LogP contribution in [-0.2, 0) is 10.0 Å². The Hall–Kier alpha value is -2.57. The predicted octanol–water partition coefficient (Wildman–Crippen LogP) is 3.70. The SMILES string of the molecule is Cc1ccc(S(=O)(=O)Nc2ccc3cccc(N4CCN(C)CC4)c3c2)cc1. The predicted molar refractivity (Wildman–Crippen MR) is 116 cm³/mol. The van der Waals surface area contributed by atoms with Gasteiger partial charge in [0.15, 0.2) is 0 Å². The molecule has 0 bridgehead atoms. The van der Waals surface area contributed by atoms with Gasteiger partial charge in [-0.3, -0.25) is 4.72 Å². The number of aryl methyl sites for hydroxylation is 1. The molecule has 0 saturated carbocycles. The number of likely N-dealkylation sites (N-methyl/N-ethyl adjacent to an activating group) is 1. The number of hydrogen-bond acceptors (Lipinski definition) is 4. The molecule has 1 heterocycles. The van der Waals surface area contributed by atoms with Gasteiger partial charge >= 0.3 is 0 Å². The minimum absolute atomic E-state index is 0.269. The second-order valence-electron chi connectivity index (χ2n) is 7.42. The van der Waals surface area contributed by atoms with Crippen LogP contribution in [0.1, 0.15) is 5.56 Å². The summed E-state index contributed by atoms with van der Waals surface area (Å²) in [5.74, 6) is 0. The molecule has 0 unspecified atom stereocenters. The van der Waals surface area contributed by atoms with Gasteiger partial charge in [-0.2, -0.15) is 0 Å². The van der Waals surface area contributed by atoms with Crippen LogP contribution in [0.3, 0.4) is 0 Å². The van der Waals surface area contributed by atoms with Gasteiger partial charge in [-0.15, -0.1) is 0 Å². The first-order chi connectivity index (χ1) is 13.4. The molecule has 28 heavy (non-hydrogen) atoms. The van der Waals surface area contributed by atoms with Crippen LogP contribution in [0.4, 0.5) is 11.4 Å². The minimum Gasteiger partial charge on any atom is -0.368 e. The summed E-state index contributed by atoms with van der Waals surface area (Å²) in [7, 11) is -1.48. The fourth-order valence-corrected chi connectivity index (χ4v) is 4.62. The molecule has 1 fully saturated rings. The first kappa shape index (κ1) is 18.8. The molecule has 0 amide bonds. The van der Waals surface area contributed by atoms with Crippen LogP contribution >= 0.6 is 0 Å². The summed E-state index contributed by atoms with van der Waals surface area (Å²) < 4.78 is 28.2. The number of anilines is 2. The number of benzene rings is 3. The van der Waals surface area contributed by atoms with E-state index >= 15 is 0 Å². The van der Waals surface area contributed by atoms with Gasteiger partial charge in [0.1, 0.15) is 0 Å². The van der Waals surface area contributed by atoms with Gasteiger partial charge in [-0.25, -0.2) is 8.42 Å². The van der Waals surface area contributed by atoms with Gasteiger partial charge in [0.25, 0.3) is 10.0 Å². The lowest BCUT2D eigenvalue weighted by atomic mass is 10.1. The van der Waals surface area contributed by atoms with Crippen LogP contribution in [0.15, 0.2) is 65.6 Å². The molecule has 0 aromatic heterocycles. The second kappa shape index (κ2) is 7.45. The molecule has 1 aliphatic heterocycles. The van der Waals surface area contributed by atoms with E-state index in [-0.39, 0.29) is 4.90 Å². The zero-order valence-corrected chi connectivity index (χ0v) is 17.0. The molecule has 1 aliphatic rings. The van der Waals surface area contributed by atoms with Crippen LogP contribution in [0.5, 0.6) is 0 Å². The number of rotatable bonds is 4. The topological polar surface area (TPSA) is 52.7 Å². The van der Waals surface area contributed by atoms with Crippen molar-refractivity contribution in [2.24, 2.45) is 0 Å². The van der Waals surface area contributed by atoms with Crippen LogP contribution in [0.2, 0.25) is 0 Å². The fourth-order valence-electron chi connectivity index (χ4n) is 3.57. The number of fused-ring (bicyclic) bond motifs is 1. The van der Waals surface area contributed by atoms with E-state index in [2.05, 4.69) is 39.8 Å². The smallest absolute Gasteiger partial charge is 0.261 e. The lowest BCUT2D eigenvalue weighted by Crippen LogP contribution is -2.44. The van der Waals surface area contributed by atoms with Gasteiger partial charge in [0.05, 0.1) is 4.90 Å². The van der Waals surface area contributed by atoms with Crippen molar-refractivity contribution in [2.75, 3.05) is 42.8 Å². The number of nitrogens with zero attached hydrogens (tertiary/aromatic N) is 2. The van der Waals surface area contributed by atoms with Gasteiger partial charge in [-0.1, -0.05) is 35.9 Å². The molecule has 1 saturated heterocycles. The average Bonchev–Trinajstić information content (AvgIpc) is 2.68. The second-order valence-corrected chi connectivity index (χ2v) is 9.10. The summed E-state index contributed by atoms with van der Waals surface area (Å²) in [5.41, 5.74) is 2.76. The number of piperazine rings is 1. The van der Waals surface area contributed by atoms with E-state index in [1.54, 1.807) is 24.3 Å². The highest BCUT2D eigenvalue weighted by atomic mass is 32.2. The first-order valence-electron chi connectivity index (χ1n) is 9.48. The monoisotopic (exact) mass is 395 g/mol. The van der Waals surface area contributed by atoms with Crippen molar-refractivity contribution in [2.45, 2.75) is 11.8 Å². The lowest BCUT2D eigenvalue weighted by molar-refractivity contribution is 0.313. The van der Waals surface area contributed by atoms with Crippen molar-refractivity contribution >= 4 is 32.2 Å². The molecule has 0 radical (unpaired) electrons. The third kappa shape index (κ3) is 3.84. The molecule has 6 heteroatoms. The average molecular weight is 396 g/mol. The van der Waals surface area contributed by atoms with Crippen molar-refractivity contribution in [1.82, 2.24) is 4.90 Å². The summed E-state index contributed by atoms with van der Waals surface area (Å²) in [4.78, 5) is 4.97. The van der Waals surface area contributed by atoms with Crippen molar-refractivity contribution in [3.05, 3.63) is 66.2 Å². The van der Waals surface area contributed by atoms with Crippen LogP contribution in [0.25, 0.3) is 10.8 Å². The Kier molecular flexibility index (Phi) is 5.00. The molecule has 0 aliphatic carbocycles. The van der Waals surface area contributed by atoms with E-state index in [4.69, 9.17) is 0 Å². The Morgan fingerprint density at radius 3 is 2.32 bits per heavy atom. The maximum atomic E-state index is 12.7. The summed E-state index contributed by atoms with van der Waals surface area (Å²) >= 11 is 0. The van der Waals surface area contributed by atoms with Gasteiger partial charge < -0.3 is 9.80 Å². The third-order valence-electron chi connectivity index (χ3n) is 5.29. The van der Waals surface area contributed by atoms with Gasteiger partial charge in [0, 0.05) is 42.9 Å². The molecular weight excluding hydrogens is 370 g/mol. The Morgan fingerprint density at radius 2 is 1.61 bits per heavy atom. The van der Waals surface area contributed by atoms with Crippen molar-refractivity contribution < 1.29 is 8.42 Å². The van der Waals surface area contributed by atoms with E-state index in [1.165, 1.54) is 0 Å². The highest BCUT2D eigenvalue weighted by Gasteiger charge is 2.18. The molecule has 5 nitrogen and oxygen atoms in total. The van der Waals surface area contributed by atoms with E-state index in [9.17, 15) is 8.42 Å². The summed E-state index contributed by atoms with van der Waals surface area (Å²) in [6.07, 6.45) is 0. The van der Waals surface area contributed by atoms with Crippen LogP contribution in [-0.4, -0.2) is 46.5 Å². The molecule has 1 N–H and O–H groups in total. The van der Waals surface area contributed by atoms with Gasteiger partial charge in [0.2, 0.25) is 0 Å². The quantitative estimate of drug-likeness (QED) is 0.732. The van der Waals surface area contributed by atoms with Crippen LogP contribution in [0, 0.1) is 6.92 Å². The Morgan fingerprint density at radius 1 is 0.893 bits per heavy atom. The summed E-state index contributed by atoms with van der Waals surface area (Å²) in [5, 5.41) is 2.17. The lowest BCUT2D eigenvalue weighted by Gasteiger charge is -2.34. The maximum absolute atomic E-state index is 12.7. The summed E-state index contributed by atoms with van der Waals surface area (Å²) in [6.45, 7) is 5.92. The molecule has 0 spiro atoms. The number of sulfonamides is 1. The maximum Gasteiger partial charge on any atom is 0.261 e. The van der Waals surface area contributed by atoms with Crippen molar-refractivity contribution in [1.29, 1.82) is 0 Å². The molecule has 0 atom stereocenters. The third-order valence-corrected chi connectivity index (χ3v) is 6.68. The van der Waals surface area contributed by atoms with Crippen molar-refractivity contribution in [3.8, 4) is 0 Å². The number of hydrogen-bond donors (Lipinski definition) is 1. The van der Waals surface area contributed by atoms with E-state index in [0.29, 0.717) is 5.69 Å². The van der Waals surface area contributed by atoms with E-state index < -0.39 is 10.0 Å². The summed E-state index contributed by atoms with van der Waals surface area (Å²) in [6, 6.07) is 18.9. The molecule has 3 aromatic rings. The molecule has 3 aromatic carbocycles. The Labute approximate surface area is 166 Å². The zero-order chi connectivity index (χ0) is 19.7. The Balaban J connectivity index is 1.67. The van der Waals surface area contributed by atoms with Crippen molar-refractivity contribution in [3.63, 3.8) is 0 Å². The standard InChI is InChI=1S/C22H25N3O2S/c1-17-6-10-20(11-7-17)28(26,27)23-19-9-8-18-4-3-5-22(21(18)16-19)25-14-12-24(2)13-15-25/h3-11,16,23H,12-15H2,1-2H3. The van der Waals surface area contributed by atoms with E-state index in [0.717, 1.165) is 48.2 Å². The largest absolute Gasteiger partial charge is 0.368 e. The van der Waals surface area contributed by atoms with E-state index in [1.807, 2.05) is 25.1 Å². The molecular formula is C22H25N3O2S. The highest BCUT2D eigenvalue weighted by Crippen LogP contribution is 2.30. The minimum atomic E-state index is -3.61. The zero-order valence-electron chi connectivity index (χ0n) is 16.2. The molecule has 146 valence electrons. The molecule has 4 rings (SSSR count). The van der Waals surface area contributed by atoms with Gasteiger partial charge in [-0.05, 0) is 49.7 Å². The normalized spacial score (nSPS) is 15.7. The Bertz CT molecular complexity index is 1090.